The van der Waals surface area contributed by atoms with Gasteiger partial charge in [-0.2, -0.15) is 0 Å². The maximum Gasteiger partial charge on any atom is 0.348 e. The quantitative estimate of drug-likeness (QED) is 0.762. The number of halogens is 2. The van der Waals surface area contributed by atoms with Crippen LogP contribution in [-0.4, -0.2) is 24.1 Å². The summed E-state index contributed by atoms with van der Waals surface area (Å²) in [7, 11) is 0. The molecular weight excluding hydrogens is 344 g/mol. The number of carbonyl (C=O) groups is 2. The number of hydrogen-bond donors (Lipinski definition) is 1. The molecule has 0 aliphatic heterocycles. The van der Waals surface area contributed by atoms with E-state index in [0.29, 0.717) is 12.2 Å². The predicted octanol–water partition coefficient (Wildman–Crippen LogP) is 3.69. The first-order valence-corrected chi connectivity index (χ1v) is 8.09. The Morgan fingerprint density at radius 2 is 1.65 bits per heavy atom. The lowest BCUT2D eigenvalue weighted by Gasteiger charge is -2.19. The van der Waals surface area contributed by atoms with Crippen molar-refractivity contribution in [3.05, 3.63) is 60.2 Å². The van der Waals surface area contributed by atoms with Crippen molar-refractivity contribution in [1.82, 2.24) is 0 Å². The number of amides is 1. The van der Waals surface area contributed by atoms with E-state index in [1.54, 1.807) is 37.3 Å². The molecule has 1 N–H and O–H groups in total. The minimum absolute atomic E-state index is 0.323. The van der Waals surface area contributed by atoms with Crippen LogP contribution in [-0.2, 0) is 14.3 Å². The van der Waals surface area contributed by atoms with Crippen molar-refractivity contribution in [3.63, 3.8) is 0 Å². The minimum Gasteiger partial charge on any atom is -0.479 e. The lowest BCUT2D eigenvalue weighted by molar-refractivity contribution is -0.160. The van der Waals surface area contributed by atoms with Crippen molar-refractivity contribution in [2.24, 2.45) is 0 Å². The monoisotopic (exact) mass is 363 g/mol. The zero-order valence-corrected chi connectivity index (χ0v) is 14.4. The van der Waals surface area contributed by atoms with Crippen LogP contribution >= 0.6 is 0 Å². The highest BCUT2D eigenvalue weighted by Gasteiger charge is 2.26. The van der Waals surface area contributed by atoms with Crippen molar-refractivity contribution in [2.45, 2.75) is 32.5 Å². The van der Waals surface area contributed by atoms with E-state index >= 15 is 0 Å². The molecule has 26 heavy (non-hydrogen) atoms. The molecule has 2 aromatic rings. The van der Waals surface area contributed by atoms with E-state index < -0.39 is 41.4 Å². The molecule has 0 bridgehead atoms. The predicted molar refractivity (Wildman–Crippen MR) is 91.7 cm³/mol. The number of carbonyl (C=O) groups excluding carboxylic acids is 2. The smallest absolute Gasteiger partial charge is 0.348 e. The lowest BCUT2D eigenvalue weighted by Crippen LogP contribution is -2.36. The fraction of sp³-hybridized carbons (Fsp3) is 0.263. The summed E-state index contributed by atoms with van der Waals surface area (Å²) >= 11 is 0. The number of hydrogen-bond acceptors (Lipinski definition) is 4. The molecule has 0 unspecified atom stereocenters. The SMILES string of the molecule is CC[C@H](Oc1ccccc1)C(=O)O[C@H](C)C(=O)Nc1c(F)cccc1F. The summed E-state index contributed by atoms with van der Waals surface area (Å²) in [6.45, 7) is 3.04. The Morgan fingerprint density at radius 1 is 1.04 bits per heavy atom. The van der Waals surface area contributed by atoms with E-state index in [-0.39, 0.29) is 0 Å². The highest BCUT2D eigenvalue weighted by molar-refractivity contribution is 5.95. The largest absolute Gasteiger partial charge is 0.479 e. The van der Waals surface area contributed by atoms with E-state index in [1.165, 1.54) is 13.0 Å². The van der Waals surface area contributed by atoms with Crippen LogP contribution < -0.4 is 10.1 Å². The number of rotatable bonds is 7. The van der Waals surface area contributed by atoms with Gasteiger partial charge < -0.3 is 14.8 Å². The molecule has 0 fully saturated rings. The van der Waals surface area contributed by atoms with E-state index in [2.05, 4.69) is 5.32 Å². The molecule has 138 valence electrons. The van der Waals surface area contributed by atoms with Crippen LogP contribution in [0.2, 0.25) is 0 Å². The maximum atomic E-state index is 13.6. The number of benzene rings is 2. The summed E-state index contributed by atoms with van der Waals surface area (Å²) in [5.74, 6) is -2.95. The summed E-state index contributed by atoms with van der Waals surface area (Å²) in [5.41, 5.74) is -0.590. The van der Waals surface area contributed by atoms with E-state index in [1.807, 2.05) is 0 Å². The van der Waals surface area contributed by atoms with Crippen LogP contribution in [0, 0.1) is 11.6 Å². The molecule has 2 atom stereocenters. The Labute approximate surface area is 149 Å². The highest BCUT2D eigenvalue weighted by atomic mass is 19.1. The lowest BCUT2D eigenvalue weighted by atomic mass is 10.2. The van der Waals surface area contributed by atoms with Crippen LogP contribution in [0.5, 0.6) is 5.75 Å². The fourth-order valence-corrected chi connectivity index (χ4v) is 2.11. The average Bonchev–Trinajstić information content (AvgIpc) is 2.63. The highest BCUT2D eigenvalue weighted by Crippen LogP contribution is 2.19. The number of para-hydroxylation sites is 2. The molecule has 1 amide bonds. The van der Waals surface area contributed by atoms with Crippen LogP contribution in [0.3, 0.4) is 0 Å². The molecule has 0 spiro atoms. The topological polar surface area (TPSA) is 64.6 Å². The second-order valence-electron chi connectivity index (χ2n) is 5.49. The molecule has 7 heteroatoms. The van der Waals surface area contributed by atoms with Gasteiger partial charge in [-0.15, -0.1) is 0 Å². The third-order valence-corrected chi connectivity index (χ3v) is 3.53. The third-order valence-electron chi connectivity index (χ3n) is 3.53. The molecule has 2 aromatic carbocycles. The first-order chi connectivity index (χ1) is 12.4. The third kappa shape index (κ3) is 5.02. The van der Waals surface area contributed by atoms with Gasteiger partial charge in [0.1, 0.15) is 23.1 Å². The summed E-state index contributed by atoms with van der Waals surface area (Å²) in [6, 6.07) is 11.9. The number of esters is 1. The normalized spacial score (nSPS) is 12.8. The van der Waals surface area contributed by atoms with Crippen LogP contribution in [0.1, 0.15) is 20.3 Å². The van der Waals surface area contributed by atoms with E-state index in [0.717, 1.165) is 12.1 Å². The fourth-order valence-electron chi connectivity index (χ4n) is 2.11. The Kier molecular flexibility index (Phi) is 6.66. The standard InChI is InChI=1S/C19H19F2NO4/c1-3-16(26-13-8-5-4-6-9-13)19(24)25-12(2)18(23)22-17-14(20)10-7-11-15(17)21/h4-12,16H,3H2,1-2H3,(H,22,23)/t12-,16+/m1/s1. The Bertz CT molecular complexity index is 747. The summed E-state index contributed by atoms with van der Waals surface area (Å²) in [4.78, 5) is 24.3. The van der Waals surface area contributed by atoms with Gasteiger partial charge in [0.25, 0.3) is 5.91 Å². The molecule has 2 rings (SSSR count). The van der Waals surface area contributed by atoms with Crippen LogP contribution in [0.25, 0.3) is 0 Å². The molecule has 0 aliphatic rings. The van der Waals surface area contributed by atoms with Gasteiger partial charge in [-0.3, -0.25) is 4.79 Å². The molecule has 0 saturated carbocycles. The van der Waals surface area contributed by atoms with Gasteiger partial charge in [-0.1, -0.05) is 31.2 Å². The Hall–Kier alpha value is -2.96. The number of anilines is 1. The molecule has 0 saturated heterocycles. The molecular formula is C19H19F2NO4. The molecule has 0 aliphatic carbocycles. The van der Waals surface area contributed by atoms with Gasteiger partial charge in [-0.25, -0.2) is 13.6 Å². The van der Waals surface area contributed by atoms with Gasteiger partial charge in [-0.05, 0) is 37.6 Å². The average molecular weight is 363 g/mol. The second kappa shape index (κ2) is 8.94. The molecule has 0 radical (unpaired) electrons. The van der Waals surface area contributed by atoms with Crippen LogP contribution in [0.15, 0.2) is 48.5 Å². The van der Waals surface area contributed by atoms with Crippen molar-refractivity contribution < 1.29 is 27.8 Å². The summed E-state index contributed by atoms with van der Waals surface area (Å²) in [5, 5.41) is 2.08. The van der Waals surface area contributed by atoms with Gasteiger partial charge in [0.15, 0.2) is 12.2 Å². The second-order valence-corrected chi connectivity index (χ2v) is 5.49. The number of nitrogens with one attached hydrogen (secondary N) is 1. The molecule has 0 heterocycles. The molecule has 0 aromatic heterocycles. The summed E-state index contributed by atoms with van der Waals surface area (Å²) in [6.07, 6.45) is -1.84. The van der Waals surface area contributed by atoms with Crippen molar-refractivity contribution in [2.75, 3.05) is 5.32 Å². The van der Waals surface area contributed by atoms with Gasteiger partial charge in [0.05, 0.1) is 0 Å². The number of ether oxygens (including phenoxy) is 2. The van der Waals surface area contributed by atoms with Crippen LogP contribution in [0.4, 0.5) is 14.5 Å². The van der Waals surface area contributed by atoms with Gasteiger partial charge in [0, 0.05) is 0 Å². The van der Waals surface area contributed by atoms with Gasteiger partial charge in [0.2, 0.25) is 0 Å². The van der Waals surface area contributed by atoms with Gasteiger partial charge >= 0.3 is 5.97 Å². The zero-order chi connectivity index (χ0) is 19.1. The Morgan fingerprint density at radius 3 is 2.23 bits per heavy atom. The van der Waals surface area contributed by atoms with E-state index in [4.69, 9.17) is 9.47 Å². The first-order valence-electron chi connectivity index (χ1n) is 8.09. The van der Waals surface area contributed by atoms with Crippen molar-refractivity contribution in [3.8, 4) is 5.75 Å². The zero-order valence-electron chi connectivity index (χ0n) is 14.4. The minimum atomic E-state index is -1.25. The van der Waals surface area contributed by atoms with Crippen molar-refractivity contribution in [1.29, 1.82) is 0 Å². The van der Waals surface area contributed by atoms with E-state index in [9.17, 15) is 18.4 Å². The Balaban J connectivity index is 1.97. The first kappa shape index (κ1) is 19.4. The summed E-state index contributed by atoms with van der Waals surface area (Å²) < 4.78 is 37.8. The maximum absolute atomic E-state index is 13.6. The molecule has 5 nitrogen and oxygen atoms in total. The van der Waals surface area contributed by atoms with Crippen molar-refractivity contribution >= 4 is 17.6 Å².